The zero-order chi connectivity index (χ0) is 16.2. The molecule has 1 aromatic carbocycles. The number of rotatable bonds is 5. The number of carbonyl (C=O) groups is 1. The average Bonchev–Trinajstić information content (AvgIpc) is 3.01. The second-order valence-corrected chi connectivity index (χ2v) is 6.74. The van der Waals surface area contributed by atoms with Crippen LogP contribution in [0.15, 0.2) is 18.2 Å². The third-order valence-corrected chi connectivity index (χ3v) is 4.98. The Morgan fingerprint density at radius 1 is 1.30 bits per heavy atom. The number of aryl methyl sites for hydroxylation is 2. The van der Waals surface area contributed by atoms with E-state index >= 15 is 0 Å². The van der Waals surface area contributed by atoms with Gasteiger partial charge in [0, 0.05) is 25.3 Å². The summed E-state index contributed by atoms with van der Waals surface area (Å²) in [5, 5.41) is 2.92. The van der Waals surface area contributed by atoms with E-state index in [4.69, 9.17) is 5.73 Å². The largest absolute Gasteiger partial charge is 0.325 e. The van der Waals surface area contributed by atoms with Gasteiger partial charge in [0.05, 0.1) is 6.04 Å². The number of hydrogen-bond acceptors (Lipinski definition) is 3. The molecule has 1 heterocycles. The molecule has 23 heavy (non-hydrogen) atoms. The Morgan fingerprint density at radius 3 is 2.83 bits per heavy atom. The molecule has 5 heteroatoms. The predicted octanol–water partition coefficient (Wildman–Crippen LogP) is 2.27. The van der Waals surface area contributed by atoms with E-state index < -0.39 is 12.2 Å². The first-order valence-corrected chi connectivity index (χ1v) is 8.66. The van der Waals surface area contributed by atoms with E-state index in [0.29, 0.717) is 19.3 Å². The first kappa shape index (κ1) is 16.4. The topological polar surface area (TPSA) is 58.4 Å². The van der Waals surface area contributed by atoms with Crippen molar-refractivity contribution in [3.8, 4) is 0 Å². The van der Waals surface area contributed by atoms with Crippen LogP contribution in [-0.4, -0.2) is 42.7 Å². The Labute approximate surface area is 137 Å². The number of carbonyl (C=O) groups excluding carboxylic acids is 1. The van der Waals surface area contributed by atoms with E-state index in [1.165, 1.54) is 17.5 Å². The average molecular weight is 319 g/mol. The van der Waals surface area contributed by atoms with Crippen LogP contribution in [0.4, 0.5) is 10.1 Å². The van der Waals surface area contributed by atoms with Crippen molar-refractivity contribution in [1.82, 2.24) is 4.90 Å². The van der Waals surface area contributed by atoms with Crippen LogP contribution in [0.25, 0.3) is 0 Å². The summed E-state index contributed by atoms with van der Waals surface area (Å²) < 4.78 is 13.1. The Bertz CT molecular complexity index is 555. The van der Waals surface area contributed by atoms with Gasteiger partial charge in [-0.15, -0.1) is 0 Å². The lowest BCUT2D eigenvalue weighted by Crippen LogP contribution is -2.41. The van der Waals surface area contributed by atoms with Crippen LogP contribution in [-0.2, 0) is 17.6 Å². The molecule has 3 N–H and O–H groups in total. The van der Waals surface area contributed by atoms with Gasteiger partial charge in [0.15, 0.2) is 0 Å². The standard InChI is InChI=1S/C18H26FN3O/c19-15-6-9-22(10-7-15)11-8-17(20)18(23)21-16-5-4-13-2-1-3-14(13)12-16/h4-5,12,15,17H,1-3,6-11,20H2,(H,21,23). The maximum atomic E-state index is 13.1. The molecule has 0 radical (unpaired) electrons. The highest BCUT2D eigenvalue weighted by molar-refractivity contribution is 5.94. The molecule has 3 rings (SSSR count). The van der Waals surface area contributed by atoms with Crippen molar-refractivity contribution < 1.29 is 9.18 Å². The summed E-state index contributed by atoms with van der Waals surface area (Å²) in [6.45, 7) is 2.28. The molecule has 126 valence electrons. The van der Waals surface area contributed by atoms with E-state index in [2.05, 4.69) is 22.3 Å². The Kier molecular flexibility index (Phi) is 5.28. The molecule has 1 fully saturated rings. The summed E-state index contributed by atoms with van der Waals surface area (Å²) in [6, 6.07) is 5.61. The summed E-state index contributed by atoms with van der Waals surface area (Å²) in [4.78, 5) is 14.4. The summed E-state index contributed by atoms with van der Waals surface area (Å²) >= 11 is 0. The zero-order valence-electron chi connectivity index (χ0n) is 13.6. The molecule has 1 aromatic rings. The lowest BCUT2D eigenvalue weighted by atomic mass is 10.1. The van der Waals surface area contributed by atoms with Crippen molar-refractivity contribution in [2.75, 3.05) is 25.0 Å². The van der Waals surface area contributed by atoms with E-state index in [0.717, 1.165) is 38.2 Å². The highest BCUT2D eigenvalue weighted by Crippen LogP contribution is 2.25. The van der Waals surface area contributed by atoms with Gasteiger partial charge in [-0.3, -0.25) is 4.79 Å². The number of benzene rings is 1. The number of alkyl halides is 1. The zero-order valence-corrected chi connectivity index (χ0v) is 13.6. The smallest absolute Gasteiger partial charge is 0.241 e. The first-order chi connectivity index (χ1) is 11.1. The molecule has 0 bridgehead atoms. The van der Waals surface area contributed by atoms with Crippen molar-refractivity contribution in [3.63, 3.8) is 0 Å². The van der Waals surface area contributed by atoms with Crippen molar-refractivity contribution in [3.05, 3.63) is 29.3 Å². The molecule has 1 saturated heterocycles. The van der Waals surface area contributed by atoms with Gasteiger partial charge in [-0.1, -0.05) is 6.07 Å². The molecule has 1 unspecified atom stereocenters. The van der Waals surface area contributed by atoms with Gasteiger partial charge in [-0.05, 0) is 61.8 Å². The number of nitrogens with two attached hydrogens (primary N) is 1. The van der Waals surface area contributed by atoms with Gasteiger partial charge in [-0.25, -0.2) is 4.39 Å². The number of hydrogen-bond donors (Lipinski definition) is 2. The highest BCUT2D eigenvalue weighted by Gasteiger charge is 2.21. The Morgan fingerprint density at radius 2 is 2.04 bits per heavy atom. The second kappa shape index (κ2) is 7.41. The fourth-order valence-corrected chi connectivity index (χ4v) is 3.46. The van der Waals surface area contributed by atoms with Gasteiger partial charge in [-0.2, -0.15) is 0 Å². The predicted molar refractivity (Wildman–Crippen MR) is 90.3 cm³/mol. The van der Waals surface area contributed by atoms with E-state index in [1.807, 2.05) is 6.07 Å². The molecule has 1 amide bonds. The number of halogens is 1. The van der Waals surface area contributed by atoms with Crippen molar-refractivity contribution >= 4 is 11.6 Å². The summed E-state index contributed by atoms with van der Waals surface area (Å²) in [7, 11) is 0. The van der Waals surface area contributed by atoms with Gasteiger partial charge < -0.3 is 16.0 Å². The normalized spacial score (nSPS) is 20.3. The third-order valence-electron chi connectivity index (χ3n) is 4.98. The molecular formula is C18H26FN3O. The number of anilines is 1. The van der Waals surface area contributed by atoms with Crippen LogP contribution < -0.4 is 11.1 Å². The molecule has 1 aliphatic carbocycles. The monoisotopic (exact) mass is 319 g/mol. The van der Waals surface area contributed by atoms with Gasteiger partial charge >= 0.3 is 0 Å². The number of likely N-dealkylation sites (tertiary alicyclic amines) is 1. The lowest BCUT2D eigenvalue weighted by Gasteiger charge is -2.29. The van der Waals surface area contributed by atoms with Crippen LogP contribution in [0.3, 0.4) is 0 Å². The van der Waals surface area contributed by atoms with Crippen LogP contribution in [0.2, 0.25) is 0 Å². The first-order valence-electron chi connectivity index (χ1n) is 8.66. The Balaban J connectivity index is 1.46. The third kappa shape index (κ3) is 4.30. The fourth-order valence-electron chi connectivity index (χ4n) is 3.46. The van der Waals surface area contributed by atoms with Gasteiger partial charge in [0.1, 0.15) is 6.17 Å². The fraction of sp³-hybridized carbons (Fsp3) is 0.611. The van der Waals surface area contributed by atoms with E-state index in [1.54, 1.807) is 0 Å². The minimum atomic E-state index is -0.664. The second-order valence-electron chi connectivity index (χ2n) is 6.74. The summed E-state index contributed by atoms with van der Waals surface area (Å²) in [5.74, 6) is -0.136. The highest BCUT2D eigenvalue weighted by atomic mass is 19.1. The van der Waals surface area contributed by atoms with Gasteiger partial charge in [0.2, 0.25) is 5.91 Å². The number of nitrogens with one attached hydrogen (secondary N) is 1. The number of fused-ring (bicyclic) bond motifs is 1. The van der Waals surface area contributed by atoms with Crippen molar-refractivity contribution in [2.45, 2.75) is 50.7 Å². The van der Waals surface area contributed by atoms with E-state index in [9.17, 15) is 9.18 Å². The molecule has 2 aliphatic rings. The van der Waals surface area contributed by atoms with Crippen molar-refractivity contribution in [2.24, 2.45) is 5.73 Å². The molecule has 0 aromatic heterocycles. The van der Waals surface area contributed by atoms with Crippen LogP contribution in [0.5, 0.6) is 0 Å². The molecule has 1 aliphatic heterocycles. The molecule has 1 atom stereocenters. The number of nitrogens with zero attached hydrogens (tertiary/aromatic N) is 1. The molecular weight excluding hydrogens is 293 g/mol. The van der Waals surface area contributed by atoms with Gasteiger partial charge in [0.25, 0.3) is 0 Å². The molecule has 0 spiro atoms. The number of amides is 1. The maximum Gasteiger partial charge on any atom is 0.241 e. The van der Waals surface area contributed by atoms with Crippen LogP contribution >= 0.6 is 0 Å². The van der Waals surface area contributed by atoms with Crippen LogP contribution in [0, 0.1) is 0 Å². The van der Waals surface area contributed by atoms with Crippen molar-refractivity contribution in [1.29, 1.82) is 0 Å². The SMILES string of the molecule is NC(CCN1CCC(F)CC1)C(=O)Nc1ccc2c(c1)CCC2. The van der Waals surface area contributed by atoms with E-state index in [-0.39, 0.29) is 5.91 Å². The lowest BCUT2D eigenvalue weighted by molar-refractivity contribution is -0.117. The molecule has 4 nitrogen and oxygen atoms in total. The maximum absolute atomic E-state index is 13.1. The van der Waals surface area contributed by atoms with Crippen LogP contribution in [0.1, 0.15) is 36.8 Å². The quantitative estimate of drug-likeness (QED) is 0.875. The minimum absolute atomic E-state index is 0.136. The Hall–Kier alpha value is -1.46. The summed E-state index contributed by atoms with van der Waals surface area (Å²) in [5.41, 5.74) is 9.58. The molecule has 0 saturated carbocycles. The summed E-state index contributed by atoms with van der Waals surface area (Å²) in [6.07, 6.45) is 4.56. The number of piperidine rings is 1. The minimum Gasteiger partial charge on any atom is -0.325 e.